The van der Waals surface area contributed by atoms with Crippen molar-refractivity contribution < 1.29 is 89.4 Å². The Bertz CT molecular complexity index is 6290. The molecule has 0 amide bonds. The first-order valence-electron chi connectivity index (χ1n) is 43.6. The molecule has 736 valence electrons. The molecule has 4 saturated carbocycles. The van der Waals surface area contributed by atoms with Crippen molar-refractivity contribution in [3.8, 4) is 0 Å². The summed E-state index contributed by atoms with van der Waals surface area (Å²) in [5.41, 5.74) is 12.9. The summed E-state index contributed by atoms with van der Waals surface area (Å²) in [5, 5.41) is 8.79. The number of nitrogens with two attached hydrogens (primary N) is 1. The summed E-state index contributed by atoms with van der Waals surface area (Å²) in [6.07, 6.45) is 13.6. The molecule has 12 aliphatic rings. The van der Waals surface area contributed by atoms with Crippen LogP contribution in [0.1, 0.15) is 171 Å². The van der Waals surface area contributed by atoms with Crippen LogP contribution in [0.4, 0.5) is 17.6 Å². The molecule has 4 aliphatic carbocycles. The highest BCUT2D eigenvalue weighted by molar-refractivity contribution is 9.11. The van der Waals surface area contributed by atoms with Crippen LogP contribution in [0.25, 0.3) is 0 Å². The van der Waals surface area contributed by atoms with E-state index in [9.17, 15) is 70.4 Å². The predicted molar refractivity (Wildman–Crippen MR) is 532 cm³/mol. The number of esters is 4. The second-order valence-electron chi connectivity index (χ2n) is 33.1. The SMILES string of the molecule is CCOC(=O)C1=C2CC(N)CN2C(c2nccs2)=N[C@H]1c1ccc(F)cc1Br.CCOC(=O)C1=C2CC(NS(=O)(=O)C3CC3)CN2C(c2nccs2)=N[C@H]1c1ccc(F)cc1Br.CCOC(=O)C1=C2C[C@@H](NS(=O)(=O)C3CC3)CN2C(c2nccs2)=N[C@H]1c1ccc(F)cc1Br.CCOC(=O)C1=C2C[C@H](NS(=O)(=O)C3CC3)CN2C(c2nccs2)=N[C@H]1c1ccc(F)cc1Br.Cl.O=S(=O)(Cl)C1CC1. The number of nitrogens with one attached hydrogen (secondary N) is 3. The fourth-order valence-corrected chi connectivity index (χ4v) is 27.6. The number of benzene rings is 4. The van der Waals surface area contributed by atoms with E-state index in [-0.39, 0.29) is 71.7 Å². The average Bonchev–Trinajstić information content (AvgIpc) is 1.51. The van der Waals surface area contributed by atoms with E-state index in [1.165, 1.54) is 93.9 Å². The fourth-order valence-electron chi connectivity index (χ4n) is 16.8. The molecule has 4 aromatic carbocycles. The number of hydrogen-bond donors (Lipinski definition) is 4. The van der Waals surface area contributed by atoms with E-state index in [0.29, 0.717) is 208 Å². The number of sulfonamides is 3. The Labute approximate surface area is 853 Å². The Hall–Kier alpha value is -8.02. The molecular formula is C88H90Br4Cl2F4N16O16S8. The van der Waals surface area contributed by atoms with E-state index >= 15 is 0 Å². The molecule has 50 heteroatoms. The topological polar surface area (TPSA) is 418 Å². The number of nitrogens with zero attached hydrogens (tertiary/aromatic N) is 12. The number of aromatic nitrogens is 4. The van der Waals surface area contributed by atoms with E-state index in [1.54, 1.807) is 76.7 Å². The molecule has 138 heavy (non-hydrogen) atoms. The average molecular weight is 2350 g/mol. The minimum absolute atomic E-state index is 0. The lowest BCUT2D eigenvalue weighted by molar-refractivity contribution is -0.140. The Morgan fingerprint density at radius 2 is 0.623 bits per heavy atom. The molecule has 20 rings (SSSR count). The molecule has 4 aromatic heterocycles. The quantitative estimate of drug-likeness (QED) is 0.0169. The molecule has 0 radical (unpaired) electrons. The lowest BCUT2D eigenvalue weighted by Crippen LogP contribution is -2.40. The fraction of sp³-hybridized carbons (Fsp3) is 0.409. The molecule has 0 bridgehead atoms. The van der Waals surface area contributed by atoms with Gasteiger partial charge in [0.1, 0.15) is 47.4 Å². The van der Waals surface area contributed by atoms with Crippen LogP contribution >= 0.6 is 132 Å². The van der Waals surface area contributed by atoms with Gasteiger partial charge in [-0.3, -0.25) is 20.0 Å². The van der Waals surface area contributed by atoms with Crippen LogP contribution in [-0.4, -0.2) is 218 Å². The van der Waals surface area contributed by atoms with Crippen LogP contribution in [-0.2, 0) is 77.2 Å². The van der Waals surface area contributed by atoms with E-state index in [4.69, 9.17) is 55.3 Å². The first kappa shape index (κ1) is 104. The predicted octanol–water partition coefficient (Wildman–Crippen LogP) is 15.1. The highest BCUT2D eigenvalue weighted by atomic mass is 79.9. The molecule has 5 N–H and O–H groups in total. The molecule has 12 heterocycles. The van der Waals surface area contributed by atoms with Gasteiger partial charge in [0.25, 0.3) is 0 Å². The lowest BCUT2D eigenvalue weighted by Gasteiger charge is -2.31. The van der Waals surface area contributed by atoms with Crippen LogP contribution in [0, 0.1) is 23.3 Å². The van der Waals surface area contributed by atoms with Gasteiger partial charge in [0.15, 0.2) is 43.4 Å². The number of ether oxygens (including phenoxy) is 4. The second-order valence-corrected chi connectivity index (χ2v) is 49.0. The molecule has 4 saturated heterocycles. The minimum Gasteiger partial charge on any atom is -0.463 e. The third kappa shape index (κ3) is 23.7. The van der Waals surface area contributed by atoms with Crippen LogP contribution in [0.2, 0.25) is 0 Å². The van der Waals surface area contributed by atoms with Gasteiger partial charge in [0.05, 0.1) is 69.7 Å². The zero-order chi connectivity index (χ0) is 97.4. The Kier molecular flexibility index (Phi) is 33.3. The number of fused-ring (bicyclic) bond motifs is 4. The van der Waals surface area contributed by atoms with Crippen LogP contribution in [0.3, 0.4) is 0 Å². The highest BCUT2D eigenvalue weighted by Crippen LogP contribution is 2.50. The Morgan fingerprint density at radius 1 is 0.391 bits per heavy atom. The molecular weight excluding hydrogens is 2260 g/mol. The second kappa shape index (κ2) is 44.1. The summed E-state index contributed by atoms with van der Waals surface area (Å²) >= 11 is 19.3. The van der Waals surface area contributed by atoms with Gasteiger partial charge in [-0.1, -0.05) is 88.0 Å². The normalized spacial score (nSPS) is 22.2. The van der Waals surface area contributed by atoms with Gasteiger partial charge in [-0.2, -0.15) is 0 Å². The van der Waals surface area contributed by atoms with Crippen molar-refractivity contribution in [1.29, 1.82) is 0 Å². The third-order valence-corrected chi connectivity index (χ3v) is 37.3. The maximum atomic E-state index is 13.8. The number of hydrogen-bond acceptors (Lipinski definition) is 33. The minimum atomic E-state index is -3.43. The summed E-state index contributed by atoms with van der Waals surface area (Å²) < 4.78 is 183. The van der Waals surface area contributed by atoms with Crippen LogP contribution in [0.5, 0.6) is 0 Å². The summed E-state index contributed by atoms with van der Waals surface area (Å²) in [4.78, 5) is 97.2. The summed E-state index contributed by atoms with van der Waals surface area (Å²) in [6.45, 7) is 9.20. The van der Waals surface area contributed by atoms with Gasteiger partial charge in [-0.15, -0.1) is 57.8 Å². The van der Waals surface area contributed by atoms with Gasteiger partial charge in [-0.25, -0.2) is 105 Å². The number of halogens is 10. The van der Waals surface area contributed by atoms with Crippen molar-refractivity contribution >= 4 is 218 Å². The van der Waals surface area contributed by atoms with Crippen molar-refractivity contribution in [3.63, 3.8) is 0 Å². The number of thiazole rings is 4. The van der Waals surface area contributed by atoms with E-state index in [2.05, 4.69) is 97.8 Å². The lowest BCUT2D eigenvalue weighted by atomic mass is 9.94. The summed E-state index contributed by atoms with van der Waals surface area (Å²) in [5.74, 6) is -1.33. The first-order valence-corrected chi connectivity index (χ1v) is 57.3. The van der Waals surface area contributed by atoms with E-state index in [1.807, 2.05) is 41.1 Å². The zero-order valence-electron chi connectivity index (χ0n) is 73.7. The number of amidine groups is 4. The monoisotopic (exact) mass is 2340 g/mol. The van der Waals surface area contributed by atoms with Crippen LogP contribution in [0.15, 0.2) is 202 Å². The van der Waals surface area contributed by atoms with Gasteiger partial charge in [0, 0.05) is 174 Å². The van der Waals surface area contributed by atoms with Crippen molar-refractivity contribution in [2.45, 2.75) is 174 Å². The summed E-state index contributed by atoms with van der Waals surface area (Å²) in [7, 11) is -8.54. The number of carbonyl (C=O) groups is 4. The molecule has 32 nitrogen and oxygen atoms in total. The van der Waals surface area contributed by atoms with E-state index in [0.717, 1.165) is 23.5 Å². The largest absolute Gasteiger partial charge is 0.463 e. The van der Waals surface area contributed by atoms with Crippen molar-refractivity contribution in [2.75, 3.05) is 52.6 Å². The number of carbonyl (C=O) groups excluding carboxylic acids is 4. The molecule has 2 unspecified atom stereocenters. The Morgan fingerprint density at radius 3 is 0.819 bits per heavy atom. The number of aliphatic imine (C=N–C) groups is 4. The third-order valence-electron chi connectivity index (χ3n) is 23.4. The molecule has 8 fully saturated rings. The maximum Gasteiger partial charge on any atom is 0.338 e. The smallest absolute Gasteiger partial charge is 0.338 e. The standard InChI is InChI=1S/3C22H22BrFN4O4S2.C19H18BrFN4O2S.C3H5ClO2S.ClH/c3*1-2-32-22(29)18-17-10-13(27-34(30,31)14-4-5-14)11-28(17)20(21-25-7-8-33-21)26-19(18)15-6-3-12(24)9-16(15)23;1-2-27-19(26)15-14-8-11(22)9-25(14)17(18-23-5-6-28-18)24-16(15)12-4-3-10(21)7-13(12)20;4-7(5,6)3-1-2-3;/h3*3,6-9,13-14,19,27H,2,4-5,10-11H2,1H3;3-7,11,16H,2,8-9,22H2,1H3;3H,1-2H2;1H/t13?,19-;13-,19+;13-,19-;11?,16-;;/m0100../s1. The van der Waals surface area contributed by atoms with Crippen molar-refractivity contribution in [2.24, 2.45) is 25.7 Å². The van der Waals surface area contributed by atoms with Crippen molar-refractivity contribution in [3.05, 3.63) is 248 Å². The highest BCUT2D eigenvalue weighted by Gasteiger charge is 2.51. The van der Waals surface area contributed by atoms with Gasteiger partial charge in [0.2, 0.25) is 39.1 Å². The number of rotatable bonds is 26. The maximum absolute atomic E-state index is 13.8. The van der Waals surface area contributed by atoms with Gasteiger partial charge >= 0.3 is 23.9 Å². The van der Waals surface area contributed by atoms with E-state index < -0.39 is 123 Å². The molecule has 8 aromatic rings. The summed E-state index contributed by atoms with van der Waals surface area (Å²) in [6, 6.07) is 12.7. The first-order chi connectivity index (χ1) is 65.4. The van der Waals surface area contributed by atoms with Crippen molar-refractivity contribution in [1.82, 2.24) is 53.7 Å². The van der Waals surface area contributed by atoms with Gasteiger partial charge < -0.3 is 44.3 Å². The molecule has 8 atom stereocenters. The van der Waals surface area contributed by atoms with Crippen LogP contribution < -0.4 is 19.9 Å². The zero-order valence-corrected chi connectivity index (χ0v) is 88.1. The Balaban J connectivity index is 0.000000136. The van der Waals surface area contributed by atoms with Gasteiger partial charge in [-0.05, 0) is 150 Å². The molecule has 0 spiro atoms. The molecule has 8 aliphatic heterocycles.